The fourth-order valence-corrected chi connectivity index (χ4v) is 3.26. The molecule has 1 aromatic carbocycles. The van der Waals surface area contributed by atoms with E-state index < -0.39 is 0 Å². The van der Waals surface area contributed by atoms with Gasteiger partial charge in [-0.05, 0) is 25.8 Å². The molecule has 1 unspecified atom stereocenters. The summed E-state index contributed by atoms with van der Waals surface area (Å²) in [4.78, 5) is 38.8. The number of imide groups is 1. The fourth-order valence-electron chi connectivity index (χ4n) is 3.26. The summed E-state index contributed by atoms with van der Waals surface area (Å²) in [5.74, 6) is -0.894. The minimum atomic E-state index is -0.365. The van der Waals surface area contributed by atoms with Crippen molar-refractivity contribution < 1.29 is 18.8 Å². The van der Waals surface area contributed by atoms with Crippen LogP contribution in [0, 0.1) is 5.82 Å². The van der Waals surface area contributed by atoms with E-state index in [1.54, 1.807) is 23.1 Å². The average Bonchev–Trinajstić information content (AvgIpc) is 3.33. The normalized spacial score (nSPS) is 18.8. The van der Waals surface area contributed by atoms with Crippen LogP contribution < -0.4 is 0 Å². The van der Waals surface area contributed by atoms with Gasteiger partial charge in [-0.15, -0.1) is 0 Å². The van der Waals surface area contributed by atoms with Crippen LogP contribution in [0.5, 0.6) is 0 Å². The van der Waals surface area contributed by atoms with Gasteiger partial charge in [0.25, 0.3) is 0 Å². The molecule has 128 valence electrons. The SMILES string of the molecule is CC(c1ccccc1F)N(C(=O)CCN1C(=O)CCC1=O)C1CC1. The van der Waals surface area contributed by atoms with E-state index in [0.29, 0.717) is 5.56 Å². The summed E-state index contributed by atoms with van der Waals surface area (Å²) in [5, 5.41) is 0. The van der Waals surface area contributed by atoms with Crippen molar-refractivity contribution in [1.29, 1.82) is 0 Å². The molecule has 2 fully saturated rings. The van der Waals surface area contributed by atoms with E-state index in [-0.39, 0.29) is 61.4 Å². The maximum Gasteiger partial charge on any atom is 0.229 e. The second-order valence-electron chi connectivity index (χ2n) is 6.42. The highest BCUT2D eigenvalue weighted by atomic mass is 19.1. The summed E-state index contributed by atoms with van der Waals surface area (Å²) in [5.41, 5.74) is 0.492. The topological polar surface area (TPSA) is 57.7 Å². The van der Waals surface area contributed by atoms with Crippen LogP contribution >= 0.6 is 0 Å². The summed E-state index contributed by atoms with van der Waals surface area (Å²) in [6, 6.07) is 6.22. The first kappa shape index (κ1) is 16.6. The van der Waals surface area contributed by atoms with E-state index in [1.807, 2.05) is 6.92 Å². The van der Waals surface area contributed by atoms with Crippen LogP contribution in [-0.2, 0) is 14.4 Å². The highest BCUT2D eigenvalue weighted by molar-refractivity contribution is 6.02. The Hall–Kier alpha value is -2.24. The number of carbonyl (C=O) groups excluding carboxylic acids is 3. The van der Waals surface area contributed by atoms with E-state index in [4.69, 9.17) is 0 Å². The number of likely N-dealkylation sites (tertiary alicyclic amines) is 1. The number of hydrogen-bond donors (Lipinski definition) is 0. The molecule has 1 aliphatic carbocycles. The first-order valence-corrected chi connectivity index (χ1v) is 8.38. The molecule has 0 N–H and O–H groups in total. The highest BCUT2D eigenvalue weighted by Crippen LogP contribution is 2.35. The van der Waals surface area contributed by atoms with Gasteiger partial charge in [-0.2, -0.15) is 0 Å². The number of hydrogen-bond acceptors (Lipinski definition) is 3. The number of nitrogens with zero attached hydrogens (tertiary/aromatic N) is 2. The molecule has 1 atom stereocenters. The molecule has 1 saturated heterocycles. The Kier molecular flexibility index (Phi) is 4.64. The summed E-state index contributed by atoms with van der Waals surface area (Å²) in [6.45, 7) is 1.94. The van der Waals surface area contributed by atoms with Crippen molar-refractivity contribution in [3.05, 3.63) is 35.6 Å². The maximum absolute atomic E-state index is 14.0. The van der Waals surface area contributed by atoms with Gasteiger partial charge in [0, 0.05) is 37.4 Å². The van der Waals surface area contributed by atoms with Gasteiger partial charge in [0.05, 0.1) is 6.04 Å². The number of amides is 3. The first-order valence-electron chi connectivity index (χ1n) is 8.38. The lowest BCUT2D eigenvalue weighted by atomic mass is 10.1. The van der Waals surface area contributed by atoms with Crippen molar-refractivity contribution in [2.24, 2.45) is 0 Å². The molecule has 0 spiro atoms. The largest absolute Gasteiger partial charge is 0.333 e. The van der Waals surface area contributed by atoms with Crippen molar-refractivity contribution in [2.75, 3.05) is 6.54 Å². The van der Waals surface area contributed by atoms with Gasteiger partial charge in [0.2, 0.25) is 17.7 Å². The predicted octanol–water partition coefficient (Wildman–Crippen LogP) is 2.42. The van der Waals surface area contributed by atoms with Gasteiger partial charge in [-0.1, -0.05) is 18.2 Å². The smallest absolute Gasteiger partial charge is 0.229 e. The summed E-state index contributed by atoms with van der Waals surface area (Å²) in [7, 11) is 0. The second kappa shape index (κ2) is 6.71. The van der Waals surface area contributed by atoms with Gasteiger partial charge in [-0.3, -0.25) is 19.3 Å². The van der Waals surface area contributed by atoms with Gasteiger partial charge >= 0.3 is 0 Å². The highest BCUT2D eigenvalue weighted by Gasteiger charge is 2.37. The number of benzene rings is 1. The molecule has 2 aliphatic rings. The van der Waals surface area contributed by atoms with Crippen LogP contribution in [0.25, 0.3) is 0 Å². The molecule has 1 heterocycles. The van der Waals surface area contributed by atoms with E-state index in [1.165, 1.54) is 6.07 Å². The third-order valence-corrected chi connectivity index (χ3v) is 4.70. The van der Waals surface area contributed by atoms with E-state index >= 15 is 0 Å². The maximum atomic E-state index is 14.0. The summed E-state index contributed by atoms with van der Waals surface area (Å²) < 4.78 is 14.0. The van der Waals surface area contributed by atoms with Gasteiger partial charge in [0.1, 0.15) is 5.82 Å². The third kappa shape index (κ3) is 3.32. The van der Waals surface area contributed by atoms with E-state index in [9.17, 15) is 18.8 Å². The Labute approximate surface area is 140 Å². The molecular formula is C18H21FN2O3. The quantitative estimate of drug-likeness (QED) is 0.752. The van der Waals surface area contributed by atoms with Gasteiger partial charge < -0.3 is 4.90 Å². The summed E-state index contributed by atoms with van der Waals surface area (Å²) >= 11 is 0. The Morgan fingerprint density at radius 2 is 1.88 bits per heavy atom. The standard InChI is InChI=1S/C18H21FN2O3/c1-12(14-4-2-3-5-15(14)19)21(13-6-7-13)18(24)10-11-20-16(22)8-9-17(20)23/h2-5,12-13H,6-11H2,1H3. The molecule has 24 heavy (non-hydrogen) atoms. The van der Waals surface area contributed by atoms with Gasteiger partial charge in [0.15, 0.2) is 0 Å². The lowest BCUT2D eigenvalue weighted by Crippen LogP contribution is -2.39. The van der Waals surface area contributed by atoms with Gasteiger partial charge in [-0.25, -0.2) is 4.39 Å². The van der Waals surface area contributed by atoms with Crippen LogP contribution in [0.4, 0.5) is 4.39 Å². The van der Waals surface area contributed by atoms with Crippen molar-refractivity contribution >= 4 is 17.7 Å². The predicted molar refractivity (Wildman–Crippen MR) is 85.3 cm³/mol. The van der Waals surface area contributed by atoms with Crippen LogP contribution in [0.3, 0.4) is 0 Å². The zero-order valence-corrected chi connectivity index (χ0v) is 13.7. The van der Waals surface area contributed by atoms with Crippen LogP contribution in [0.1, 0.15) is 50.6 Å². The monoisotopic (exact) mass is 332 g/mol. The lowest BCUT2D eigenvalue weighted by molar-refractivity contribution is -0.140. The third-order valence-electron chi connectivity index (χ3n) is 4.70. The molecule has 5 nitrogen and oxygen atoms in total. The minimum absolute atomic E-state index is 0.0901. The molecule has 1 saturated carbocycles. The van der Waals surface area contributed by atoms with Crippen molar-refractivity contribution in [2.45, 2.75) is 51.1 Å². The fraction of sp³-hybridized carbons (Fsp3) is 0.500. The zero-order chi connectivity index (χ0) is 17.3. The average molecular weight is 332 g/mol. The number of rotatable bonds is 6. The Balaban J connectivity index is 1.69. The van der Waals surface area contributed by atoms with Crippen molar-refractivity contribution in [3.63, 3.8) is 0 Å². The summed E-state index contributed by atoms with van der Waals surface area (Å²) in [6.07, 6.45) is 2.36. The van der Waals surface area contributed by atoms with Crippen molar-refractivity contribution in [1.82, 2.24) is 9.80 Å². The minimum Gasteiger partial charge on any atom is -0.333 e. The Morgan fingerprint density at radius 1 is 1.25 bits per heavy atom. The van der Waals surface area contributed by atoms with Crippen LogP contribution in [0.15, 0.2) is 24.3 Å². The molecular weight excluding hydrogens is 311 g/mol. The number of halogens is 1. The molecule has 3 amide bonds. The Morgan fingerprint density at radius 3 is 2.46 bits per heavy atom. The molecule has 6 heteroatoms. The van der Waals surface area contributed by atoms with E-state index in [0.717, 1.165) is 17.7 Å². The molecule has 0 bridgehead atoms. The van der Waals surface area contributed by atoms with Crippen LogP contribution in [0.2, 0.25) is 0 Å². The second-order valence-corrected chi connectivity index (χ2v) is 6.42. The molecule has 0 aromatic heterocycles. The van der Waals surface area contributed by atoms with E-state index in [2.05, 4.69) is 0 Å². The van der Waals surface area contributed by atoms with Crippen LogP contribution in [-0.4, -0.2) is 40.1 Å². The molecule has 1 aromatic rings. The first-order chi connectivity index (χ1) is 11.5. The lowest BCUT2D eigenvalue weighted by Gasteiger charge is -2.30. The van der Waals surface area contributed by atoms with Crippen molar-refractivity contribution in [3.8, 4) is 0 Å². The molecule has 0 radical (unpaired) electrons. The number of carbonyl (C=O) groups is 3. The molecule has 1 aliphatic heterocycles. The Bertz CT molecular complexity index is 656. The zero-order valence-electron chi connectivity index (χ0n) is 13.7. The molecule has 3 rings (SSSR count).